The number of carbonyl (C=O) groups excluding carboxylic acids is 1. The number of hydrogen-bond donors (Lipinski definition) is 0. The van der Waals surface area contributed by atoms with Crippen molar-refractivity contribution < 1.29 is 9.53 Å². The minimum Gasteiger partial charge on any atom is -0.462 e. The maximum atomic E-state index is 11.8. The van der Waals surface area contributed by atoms with Gasteiger partial charge in [-0.25, -0.2) is 4.79 Å². The van der Waals surface area contributed by atoms with Gasteiger partial charge >= 0.3 is 5.97 Å². The molecular weight excluding hydrogens is 356 g/mol. The number of esters is 1. The van der Waals surface area contributed by atoms with E-state index >= 15 is 0 Å². The molecule has 0 radical (unpaired) electrons. The van der Waals surface area contributed by atoms with E-state index in [1.165, 1.54) is 0 Å². The lowest BCUT2D eigenvalue weighted by atomic mass is 10.1. The van der Waals surface area contributed by atoms with Crippen LogP contribution in [0.4, 0.5) is 0 Å². The average Bonchev–Trinajstić information content (AvgIpc) is 2.80. The summed E-state index contributed by atoms with van der Waals surface area (Å²) in [6.45, 7) is 5.90. The number of para-hydroxylation sites is 1. The standard InChI is InChI=1S/C18H17BrN2O2/c1-4-23-18(22)15(11-20)10-14-9-12(2)21(13(14)3)17-8-6-5-7-16(17)19/h5-10H,4H2,1-3H3/b15-10-. The Hall–Kier alpha value is -2.32. The third-order valence-corrected chi connectivity index (χ3v) is 4.15. The predicted molar refractivity (Wildman–Crippen MR) is 93.2 cm³/mol. The Morgan fingerprint density at radius 2 is 2.09 bits per heavy atom. The van der Waals surface area contributed by atoms with Crippen molar-refractivity contribution in [1.29, 1.82) is 5.26 Å². The molecule has 0 spiro atoms. The molecule has 2 rings (SSSR count). The van der Waals surface area contributed by atoms with E-state index in [-0.39, 0.29) is 12.2 Å². The summed E-state index contributed by atoms with van der Waals surface area (Å²) in [4.78, 5) is 11.8. The molecular formula is C18H17BrN2O2. The first kappa shape index (κ1) is 17.0. The van der Waals surface area contributed by atoms with Crippen LogP contribution in [0.3, 0.4) is 0 Å². The van der Waals surface area contributed by atoms with Crippen molar-refractivity contribution in [2.45, 2.75) is 20.8 Å². The largest absolute Gasteiger partial charge is 0.462 e. The number of nitriles is 1. The minimum absolute atomic E-state index is 0.000715. The number of aromatic nitrogens is 1. The van der Waals surface area contributed by atoms with Gasteiger partial charge in [-0.2, -0.15) is 5.26 Å². The fourth-order valence-electron chi connectivity index (χ4n) is 2.44. The van der Waals surface area contributed by atoms with Crippen molar-refractivity contribution in [2.75, 3.05) is 6.61 Å². The molecule has 118 valence electrons. The topological polar surface area (TPSA) is 55.0 Å². The van der Waals surface area contributed by atoms with Gasteiger partial charge in [-0.3, -0.25) is 0 Å². The number of rotatable bonds is 4. The SMILES string of the molecule is CCOC(=O)/C(C#N)=C\c1cc(C)n(-c2ccccc2Br)c1C. The number of nitrogens with zero attached hydrogens (tertiary/aromatic N) is 2. The van der Waals surface area contributed by atoms with Crippen LogP contribution in [-0.4, -0.2) is 17.1 Å². The lowest BCUT2D eigenvalue weighted by molar-refractivity contribution is -0.137. The highest BCUT2D eigenvalue weighted by Gasteiger charge is 2.15. The summed E-state index contributed by atoms with van der Waals surface area (Å²) in [7, 11) is 0. The van der Waals surface area contributed by atoms with E-state index in [1.807, 2.05) is 50.2 Å². The number of ether oxygens (including phenoxy) is 1. The molecule has 0 amide bonds. The fourth-order valence-corrected chi connectivity index (χ4v) is 2.90. The van der Waals surface area contributed by atoms with Gasteiger partial charge in [0, 0.05) is 15.9 Å². The van der Waals surface area contributed by atoms with Crippen LogP contribution in [-0.2, 0) is 9.53 Å². The maximum absolute atomic E-state index is 11.8. The van der Waals surface area contributed by atoms with Gasteiger partial charge in [0.1, 0.15) is 11.6 Å². The van der Waals surface area contributed by atoms with Gasteiger partial charge in [0.05, 0.1) is 12.3 Å². The predicted octanol–water partition coefficient (Wildman–Crippen LogP) is 4.33. The Bertz CT molecular complexity index is 813. The van der Waals surface area contributed by atoms with E-state index in [1.54, 1.807) is 13.0 Å². The third-order valence-electron chi connectivity index (χ3n) is 3.48. The second kappa shape index (κ2) is 7.30. The zero-order valence-electron chi connectivity index (χ0n) is 13.3. The Labute approximate surface area is 144 Å². The van der Waals surface area contributed by atoms with E-state index in [4.69, 9.17) is 4.74 Å². The summed E-state index contributed by atoms with van der Waals surface area (Å²) in [6, 6.07) is 11.8. The molecule has 0 saturated carbocycles. The second-order valence-electron chi connectivity index (χ2n) is 5.00. The van der Waals surface area contributed by atoms with E-state index in [9.17, 15) is 10.1 Å². The third kappa shape index (κ3) is 3.54. The van der Waals surface area contributed by atoms with Gasteiger partial charge in [0.2, 0.25) is 0 Å². The van der Waals surface area contributed by atoms with Crippen LogP contribution in [0.2, 0.25) is 0 Å². The molecule has 4 nitrogen and oxygen atoms in total. The average molecular weight is 373 g/mol. The van der Waals surface area contributed by atoms with Crippen LogP contribution < -0.4 is 0 Å². The Kier molecular flexibility index (Phi) is 5.41. The summed E-state index contributed by atoms with van der Waals surface area (Å²) < 4.78 is 7.96. The van der Waals surface area contributed by atoms with Crippen molar-refractivity contribution >= 4 is 28.0 Å². The Balaban J connectivity index is 2.52. The summed E-state index contributed by atoms with van der Waals surface area (Å²) in [5, 5.41) is 9.18. The molecule has 2 aromatic rings. The highest BCUT2D eigenvalue weighted by atomic mass is 79.9. The number of aryl methyl sites for hydroxylation is 1. The molecule has 0 aliphatic rings. The Morgan fingerprint density at radius 1 is 1.39 bits per heavy atom. The van der Waals surface area contributed by atoms with Crippen LogP contribution in [0.5, 0.6) is 0 Å². The molecule has 0 unspecified atom stereocenters. The smallest absolute Gasteiger partial charge is 0.348 e. The van der Waals surface area contributed by atoms with Crippen LogP contribution in [0, 0.1) is 25.2 Å². The highest BCUT2D eigenvalue weighted by Crippen LogP contribution is 2.27. The first-order valence-electron chi connectivity index (χ1n) is 7.22. The quantitative estimate of drug-likeness (QED) is 0.456. The van der Waals surface area contributed by atoms with Crippen LogP contribution in [0.25, 0.3) is 11.8 Å². The monoisotopic (exact) mass is 372 g/mol. The second-order valence-corrected chi connectivity index (χ2v) is 5.86. The van der Waals surface area contributed by atoms with E-state index in [0.717, 1.165) is 27.1 Å². The summed E-state index contributed by atoms with van der Waals surface area (Å²) in [5.41, 5.74) is 3.80. The van der Waals surface area contributed by atoms with Gasteiger partial charge < -0.3 is 9.30 Å². The van der Waals surface area contributed by atoms with Crippen LogP contribution >= 0.6 is 15.9 Å². The molecule has 1 aromatic heterocycles. The normalized spacial score (nSPS) is 11.2. The Morgan fingerprint density at radius 3 is 2.70 bits per heavy atom. The first-order valence-corrected chi connectivity index (χ1v) is 8.01. The molecule has 0 aliphatic heterocycles. The van der Waals surface area contributed by atoms with Crippen molar-refractivity contribution in [3.8, 4) is 11.8 Å². The lowest BCUT2D eigenvalue weighted by Gasteiger charge is -2.11. The molecule has 23 heavy (non-hydrogen) atoms. The molecule has 1 aromatic carbocycles. The number of benzene rings is 1. The van der Waals surface area contributed by atoms with Crippen LogP contribution in [0.15, 0.2) is 40.4 Å². The number of hydrogen-bond acceptors (Lipinski definition) is 3. The molecule has 0 atom stereocenters. The molecule has 0 saturated heterocycles. The van der Waals surface area contributed by atoms with Gasteiger partial charge in [-0.15, -0.1) is 0 Å². The molecule has 5 heteroatoms. The number of halogens is 1. The number of carbonyl (C=O) groups is 1. The van der Waals surface area contributed by atoms with E-state index in [2.05, 4.69) is 20.5 Å². The van der Waals surface area contributed by atoms with Crippen molar-refractivity contribution in [1.82, 2.24) is 4.57 Å². The fraction of sp³-hybridized carbons (Fsp3) is 0.222. The summed E-state index contributed by atoms with van der Waals surface area (Å²) in [6.07, 6.45) is 1.58. The molecule has 0 N–H and O–H groups in total. The molecule has 1 heterocycles. The van der Waals surface area contributed by atoms with Crippen molar-refractivity contribution in [3.05, 3.63) is 57.3 Å². The van der Waals surface area contributed by atoms with E-state index in [0.29, 0.717) is 0 Å². The van der Waals surface area contributed by atoms with Gasteiger partial charge in [-0.1, -0.05) is 12.1 Å². The lowest BCUT2D eigenvalue weighted by Crippen LogP contribution is -2.06. The molecule has 0 fully saturated rings. The molecule has 0 bridgehead atoms. The van der Waals surface area contributed by atoms with Gasteiger partial charge in [0.25, 0.3) is 0 Å². The highest BCUT2D eigenvalue weighted by molar-refractivity contribution is 9.10. The summed E-state index contributed by atoms with van der Waals surface area (Å²) >= 11 is 3.56. The van der Waals surface area contributed by atoms with E-state index < -0.39 is 5.97 Å². The zero-order valence-corrected chi connectivity index (χ0v) is 14.8. The van der Waals surface area contributed by atoms with Crippen molar-refractivity contribution in [2.24, 2.45) is 0 Å². The minimum atomic E-state index is -0.597. The van der Waals surface area contributed by atoms with Gasteiger partial charge in [0.15, 0.2) is 0 Å². The first-order chi connectivity index (χ1) is 11.0. The summed E-state index contributed by atoms with van der Waals surface area (Å²) in [5.74, 6) is -0.597. The zero-order chi connectivity index (χ0) is 17.0. The van der Waals surface area contributed by atoms with Crippen molar-refractivity contribution in [3.63, 3.8) is 0 Å². The van der Waals surface area contributed by atoms with Crippen LogP contribution in [0.1, 0.15) is 23.9 Å². The maximum Gasteiger partial charge on any atom is 0.348 e. The van der Waals surface area contributed by atoms with Gasteiger partial charge in [-0.05, 0) is 66.5 Å². The molecule has 0 aliphatic carbocycles.